The Morgan fingerprint density at radius 1 is 1.12 bits per heavy atom. The summed E-state index contributed by atoms with van der Waals surface area (Å²) in [4.78, 5) is 35.3. The quantitative estimate of drug-likeness (QED) is 0.545. The van der Waals surface area contributed by atoms with Gasteiger partial charge in [-0.2, -0.15) is 0 Å². The number of amides is 3. The van der Waals surface area contributed by atoms with Gasteiger partial charge in [0.1, 0.15) is 5.76 Å². The second kappa shape index (κ2) is 7.14. The van der Waals surface area contributed by atoms with Gasteiger partial charge < -0.3 is 19.2 Å². The molecule has 3 N–H and O–H groups in total. The summed E-state index contributed by atoms with van der Waals surface area (Å²) in [5, 5.41) is 2.53. The summed E-state index contributed by atoms with van der Waals surface area (Å²) in [6.07, 6.45) is 1.44. The first-order valence-electron chi connectivity index (χ1n) is 7.04. The Morgan fingerprint density at radius 2 is 1.96 bits per heavy atom. The third-order valence-electron chi connectivity index (χ3n) is 3.19. The van der Waals surface area contributed by atoms with Crippen molar-refractivity contribution in [1.29, 1.82) is 0 Å². The van der Waals surface area contributed by atoms with Crippen LogP contribution in [-0.4, -0.2) is 24.5 Å². The topological polar surface area (TPSA) is 119 Å². The average Bonchev–Trinajstić information content (AvgIpc) is 3.28. The zero-order chi connectivity index (χ0) is 17.8. The zero-order valence-corrected chi connectivity index (χ0v) is 13.4. The van der Waals surface area contributed by atoms with Crippen molar-refractivity contribution in [3.8, 4) is 11.5 Å². The predicted molar refractivity (Wildman–Crippen MR) is 83.7 cm³/mol. The van der Waals surface area contributed by atoms with E-state index in [0.29, 0.717) is 17.3 Å². The van der Waals surface area contributed by atoms with Gasteiger partial charge in [0.05, 0.1) is 17.8 Å². The van der Waals surface area contributed by atoms with Gasteiger partial charge in [0.15, 0.2) is 11.5 Å². The maximum Gasteiger partial charge on any atom is 0.327 e. The van der Waals surface area contributed by atoms with E-state index in [2.05, 4.69) is 10.7 Å². The molecule has 0 fully saturated rings. The van der Waals surface area contributed by atoms with E-state index in [9.17, 15) is 14.4 Å². The number of carbonyl (C=O) groups excluding carboxylic acids is 3. The van der Waals surface area contributed by atoms with Crippen molar-refractivity contribution in [3.63, 3.8) is 0 Å². The smallest absolute Gasteiger partial charge is 0.327 e. The van der Waals surface area contributed by atoms with Gasteiger partial charge in [-0.15, -0.1) is 0 Å². The van der Waals surface area contributed by atoms with Crippen LogP contribution >= 0.6 is 11.6 Å². The lowest BCUT2D eigenvalue weighted by molar-refractivity contribution is -0.139. The molecule has 0 saturated heterocycles. The monoisotopic (exact) mass is 365 g/mol. The molecule has 0 spiro atoms. The first-order chi connectivity index (χ1) is 12.0. The van der Waals surface area contributed by atoms with Crippen LogP contribution in [-0.2, 0) is 16.1 Å². The molecular formula is C15H12ClN3O6. The summed E-state index contributed by atoms with van der Waals surface area (Å²) in [7, 11) is 0. The van der Waals surface area contributed by atoms with Crippen LogP contribution in [0.15, 0.2) is 34.9 Å². The van der Waals surface area contributed by atoms with Gasteiger partial charge in [-0.25, -0.2) is 0 Å². The molecule has 0 bridgehead atoms. The number of nitrogens with one attached hydrogen (secondary N) is 3. The molecule has 1 aromatic carbocycles. The first-order valence-corrected chi connectivity index (χ1v) is 7.42. The van der Waals surface area contributed by atoms with E-state index in [1.165, 1.54) is 18.4 Å². The number of ether oxygens (including phenoxy) is 2. The molecule has 9 nitrogen and oxygen atoms in total. The average molecular weight is 366 g/mol. The fraction of sp³-hybridized carbons (Fsp3) is 0.133. The number of furan rings is 1. The molecule has 10 heteroatoms. The Balaban J connectivity index is 1.52. The Hall–Kier alpha value is -3.20. The van der Waals surface area contributed by atoms with Gasteiger partial charge in [0, 0.05) is 5.56 Å². The van der Waals surface area contributed by atoms with E-state index in [-0.39, 0.29) is 23.9 Å². The molecule has 0 saturated carbocycles. The molecule has 25 heavy (non-hydrogen) atoms. The lowest BCUT2D eigenvalue weighted by Gasteiger charge is -2.08. The molecule has 2 aromatic rings. The van der Waals surface area contributed by atoms with Gasteiger partial charge in [-0.3, -0.25) is 25.2 Å². The molecule has 130 valence electrons. The molecule has 3 rings (SSSR count). The second-order valence-electron chi connectivity index (χ2n) is 4.86. The first kappa shape index (κ1) is 16.7. The fourth-order valence-electron chi connectivity index (χ4n) is 2.00. The fourth-order valence-corrected chi connectivity index (χ4v) is 2.27. The Labute approximate surface area is 146 Å². The highest BCUT2D eigenvalue weighted by Gasteiger charge is 2.21. The third kappa shape index (κ3) is 3.83. The van der Waals surface area contributed by atoms with Crippen molar-refractivity contribution in [3.05, 3.63) is 46.9 Å². The number of hydrogen-bond donors (Lipinski definition) is 3. The normalized spacial score (nSPS) is 11.7. The molecule has 0 unspecified atom stereocenters. The van der Waals surface area contributed by atoms with Crippen LogP contribution in [0.25, 0.3) is 0 Å². The van der Waals surface area contributed by atoms with Gasteiger partial charge in [-0.05, 0) is 24.3 Å². The molecule has 2 heterocycles. The van der Waals surface area contributed by atoms with Crippen molar-refractivity contribution in [2.75, 3.05) is 6.79 Å². The highest BCUT2D eigenvalue weighted by Crippen LogP contribution is 2.39. The summed E-state index contributed by atoms with van der Waals surface area (Å²) >= 11 is 5.98. The molecule has 1 aliphatic heterocycles. The number of rotatable bonds is 3. The minimum Gasteiger partial charge on any atom is -0.467 e. The van der Waals surface area contributed by atoms with Crippen LogP contribution in [0.1, 0.15) is 16.1 Å². The van der Waals surface area contributed by atoms with Crippen molar-refractivity contribution in [2.24, 2.45) is 0 Å². The van der Waals surface area contributed by atoms with E-state index in [1.807, 2.05) is 5.43 Å². The molecular weight excluding hydrogens is 354 g/mol. The van der Waals surface area contributed by atoms with Crippen LogP contribution < -0.4 is 25.6 Å². The molecule has 3 amide bonds. The highest BCUT2D eigenvalue weighted by atomic mass is 35.5. The minimum atomic E-state index is -1.04. The van der Waals surface area contributed by atoms with Crippen LogP contribution in [0.5, 0.6) is 11.5 Å². The van der Waals surface area contributed by atoms with Crippen LogP contribution in [0.4, 0.5) is 0 Å². The van der Waals surface area contributed by atoms with E-state index in [1.54, 1.807) is 12.1 Å². The highest BCUT2D eigenvalue weighted by molar-refractivity contribution is 6.35. The zero-order valence-electron chi connectivity index (χ0n) is 12.6. The third-order valence-corrected chi connectivity index (χ3v) is 3.47. The summed E-state index contributed by atoms with van der Waals surface area (Å²) in [6.45, 7) is 0.0532. The van der Waals surface area contributed by atoms with Gasteiger partial charge in [0.2, 0.25) is 6.79 Å². The second-order valence-corrected chi connectivity index (χ2v) is 5.27. The van der Waals surface area contributed by atoms with E-state index in [0.717, 1.165) is 0 Å². The van der Waals surface area contributed by atoms with Crippen molar-refractivity contribution in [2.45, 2.75) is 6.54 Å². The summed E-state index contributed by atoms with van der Waals surface area (Å²) < 4.78 is 15.3. The molecule has 0 radical (unpaired) electrons. The maximum absolute atomic E-state index is 12.0. The number of hydrogen-bond acceptors (Lipinski definition) is 6. The van der Waals surface area contributed by atoms with E-state index < -0.39 is 17.7 Å². The van der Waals surface area contributed by atoms with Crippen molar-refractivity contribution >= 4 is 29.3 Å². The Bertz CT molecular complexity index is 821. The number of hydrazine groups is 1. The van der Waals surface area contributed by atoms with E-state index in [4.69, 9.17) is 25.5 Å². The summed E-state index contributed by atoms with van der Waals surface area (Å²) in [5.41, 5.74) is 4.25. The number of benzene rings is 1. The van der Waals surface area contributed by atoms with Gasteiger partial charge in [-0.1, -0.05) is 11.6 Å². The van der Waals surface area contributed by atoms with Gasteiger partial charge in [0.25, 0.3) is 5.91 Å². The van der Waals surface area contributed by atoms with Gasteiger partial charge >= 0.3 is 11.8 Å². The number of fused-ring (bicyclic) bond motifs is 1. The number of carbonyl (C=O) groups is 3. The summed E-state index contributed by atoms with van der Waals surface area (Å²) in [5.74, 6) is -1.49. The predicted octanol–water partition coefficient (Wildman–Crippen LogP) is 0.739. The lowest BCUT2D eigenvalue weighted by atomic mass is 10.2. The Kier molecular flexibility index (Phi) is 4.75. The van der Waals surface area contributed by atoms with Crippen molar-refractivity contribution < 1.29 is 28.3 Å². The van der Waals surface area contributed by atoms with Crippen LogP contribution in [0, 0.1) is 0 Å². The lowest BCUT2D eigenvalue weighted by Crippen LogP contribution is -2.48. The van der Waals surface area contributed by atoms with Crippen LogP contribution in [0.3, 0.4) is 0 Å². The molecule has 1 aliphatic rings. The van der Waals surface area contributed by atoms with Crippen molar-refractivity contribution in [1.82, 2.24) is 16.2 Å². The standard InChI is InChI=1S/C15H12ClN3O6/c16-10-4-8(5-11-12(10)25-7-24-11)13(20)18-19-15(22)14(21)17-6-9-2-1-3-23-9/h1-5H,6-7H2,(H,17,21)(H,18,20)(H,19,22). The van der Waals surface area contributed by atoms with E-state index >= 15 is 0 Å². The largest absolute Gasteiger partial charge is 0.467 e. The Morgan fingerprint density at radius 3 is 2.72 bits per heavy atom. The maximum atomic E-state index is 12.0. The SMILES string of the molecule is O=C(NCc1ccco1)C(=O)NNC(=O)c1cc(Cl)c2c(c1)OCO2. The molecule has 0 atom stereocenters. The summed E-state index contributed by atoms with van der Waals surface area (Å²) in [6, 6.07) is 6.06. The minimum absolute atomic E-state index is 0.00665. The van der Waals surface area contributed by atoms with Crippen LogP contribution in [0.2, 0.25) is 5.02 Å². The number of halogens is 1. The molecule has 0 aliphatic carbocycles. The molecule has 1 aromatic heterocycles.